The first-order valence-corrected chi connectivity index (χ1v) is 6.80. The van der Waals surface area contributed by atoms with Gasteiger partial charge in [0.05, 0.1) is 11.6 Å². The van der Waals surface area contributed by atoms with Crippen LogP contribution in [0.1, 0.15) is 5.56 Å². The van der Waals surface area contributed by atoms with E-state index in [9.17, 15) is 8.78 Å². The second kappa shape index (κ2) is 7.04. The molecule has 0 spiro atoms. The van der Waals surface area contributed by atoms with E-state index in [1.165, 1.54) is 6.07 Å². The number of rotatable bonds is 5. The molecule has 3 nitrogen and oxygen atoms in total. The average molecular weight is 354 g/mol. The van der Waals surface area contributed by atoms with Gasteiger partial charge in [0.25, 0.3) is 0 Å². The average Bonchev–Trinajstić information content (AvgIpc) is 2.48. The number of halogens is 3. The third-order valence-corrected chi connectivity index (χ3v) is 2.99. The number of nitriles is 1. The minimum atomic E-state index is -1.04. The predicted octanol–water partition coefficient (Wildman–Crippen LogP) is 4.06. The van der Waals surface area contributed by atoms with Crippen LogP contribution in [-0.4, -0.2) is 13.2 Å². The van der Waals surface area contributed by atoms with Crippen molar-refractivity contribution in [3.05, 3.63) is 58.1 Å². The monoisotopic (exact) mass is 353 g/mol. The molecule has 6 heteroatoms. The molecule has 0 aromatic heterocycles. The minimum Gasteiger partial charge on any atom is -0.490 e. The second-order valence-electron chi connectivity index (χ2n) is 4.04. The van der Waals surface area contributed by atoms with Crippen LogP contribution in [0.2, 0.25) is 0 Å². The number of benzene rings is 2. The molecule has 2 aromatic carbocycles. The van der Waals surface area contributed by atoms with Crippen LogP contribution in [0.4, 0.5) is 8.78 Å². The summed E-state index contributed by atoms with van der Waals surface area (Å²) in [7, 11) is 0. The van der Waals surface area contributed by atoms with Gasteiger partial charge in [0.2, 0.25) is 5.82 Å². The van der Waals surface area contributed by atoms with Crippen molar-refractivity contribution in [2.45, 2.75) is 0 Å². The van der Waals surface area contributed by atoms with Gasteiger partial charge in [-0.1, -0.05) is 22.0 Å². The highest BCUT2D eigenvalue weighted by Gasteiger charge is 2.11. The van der Waals surface area contributed by atoms with Crippen molar-refractivity contribution < 1.29 is 18.3 Å². The molecule has 0 atom stereocenters. The molecular formula is C15H10BrF2NO2. The predicted molar refractivity (Wildman–Crippen MR) is 76.2 cm³/mol. The van der Waals surface area contributed by atoms with Gasteiger partial charge in [-0.25, -0.2) is 4.39 Å². The van der Waals surface area contributed by atoms with E-state index in [1.54, 1.807) is 24.3 Å². The maximum atomic E-state index is 13.4. The molecule has 0 saturated carbocycles. The summed E-state index contributed by atoms with van der Waals surface area (Å²) in [6.07, 6.45) is 0. The van der Waals surface area contributed by atoms with Crippen LogP contribution < -0.4 is 9.47 Å². The summed E-state index contributed by atoms with van der Waals surface area (Å²) in [5, 5.41) is 8.75. The van der Waals surface area contributed by atoms with E-state index < -0.39 is 11.6 Å². The van der Waals surface area contributed by atoms with E-state index in [0.717, 1.165) is 6.07 Å². The second-order valence-corrected chi connectivity index (χ2v) is 4.95. The molecule has 0 aliphatic carbocycles. The molecule has 0 unspecified atom stereocenters. The fourth-order valence-corrected chi connectivity index (χ4v) is 2.01. The minimum absolute atomic E-state index is 0.0452. The molecule has 0 heterocycles. The van der Waals surface area contributed by atoms with E-state index in [0.29, 0.717) is 15.8 Å². The van der Waals surface area contributed by atoms with Crippen molar-refractivity contribution in [2.24, 2.45) is 0 Å². The first-order valence-electron chi connectivity index (χ1n) is 6.00. The van der Waals surface area contributed by atoms with Crippen LogP contribution in [0.3, 0.4) is 0 Å². The van der Waals surface area contributed by atoms with E-state index in [-0.39, 0.29) is 19.0 Å². The van der Waals surface area contributed by atoms with Crippen molar-refractivity contribution >= 4 is 15.9 Å². The van der Waals surface area contributed by atoms with Gasteiger partial charge in [0, 0.05) is 4.47 Å². The van der Waals surface area contributed by atoms with Crippen LogP contribution >= 0.6 is 15.9 Å². The Balaban J connectivity index is 1.89. The fourth-order valence-electron chi connectivity index (χ4n) is 1.60. The zero-order valence-corrected chi connectivity index (χ0v) is 12.4. The summed E-state index contributed by atoms with van der Waals surface area (Å²) >= 11 is 3.06. The van der Waals surface area contributed by atoms with Gasteiger partial charge in [-0.2, -0.15) is 9.65 Å². The maximum Gasteiger partial charge on any atom is 0.200 e. The molecular weight excluding hydrogens is 344 g/mol. The standard InChI is InChI=1S/C15H10BrF2NO2/c16-11-7-13(17)15(18)14(8-11)21-5-4-20-12-3-1-2-10(6-12)9-19/h1-3,6-8H,4-5H2. The molecule has 0 radical (unpaired) electrons. The lowest BCUT2D eigenvalue weighted by Gasteiger charge is -2.10. The molecule has 108 valence electrons. The molecule has 0 N–H and O–H groups in total. The highest BCUT2D eigenvalue weighted by molar-refractivity contribution is 9.10. The normalized spacial score (nSPS) is 10.0. The third-order valence-electron chi connectivity index (χ3n) is 2.53. The van der Waals surface area contributed by atoms with Crippen LogP contribution in [0.25, 0.3) is 0 Å². The lowest BCUT2D eigenvalue weighted by atomic mass is 10.2. The van der Waals surface area contributed by atoms with E-state index in [4.69, 9.17) is 14.7 Å². The van der Waals surface area contributed by atoms with Gasteiger partial charge >= 0.3 is 0 Å². The molecule has 21 heavy (non-hydrogen) atoms. The van der Waals surface area contributed by atoms with Crippen LogP contribution in [0.15, 0.2) is 40.9 Å². The highest BCUT2D eigenvalue weighted by Crippen LogP contribution is 2.25. The quantitative estimate of drug-likeness (QED) is 0.601. The SMILES string of the molecule is N#Cc1cccc(OCCOc2cc(Br)cc(F)c2F)c1. The van der Waals surface area contributed by atoms with Gasteiger partial charge in [-0.3, -0.25) is 0 Å². The summed E-state index contributed by atoms with van der Waals surface area (Å²) in [4.78, 5) is 0. The van der Waals surface area contributed by atoms with Crippen LogP contribution in [-0.2, 0) is 0 Å². The summed E-state index contributed by atoms with van der Waals surface area (Å²) < 4.78 is 37.5. The molecule has 0 bridgehead atoms. The van der Waals surface area contributed by atoms with Gasteiger partial charge in [0.15, 0.2) is 11.6 Å². The van der Waals surface area contributed by atoms with E-state index in [2.05, 4.69) is 15.9 Å². The summed E-state index contributed by atoms with van der Waals surface area (Å²) in [6.45, 7) is 0.187. The molecule has 0 fully saturated rings. The molecule has 0 aliphatic heterocycles. The Morgan fingerprint density at radius 3 is 2.62 bits per heavy atom. The van der Waals surface area contributed by atoms with Crippen molar-refractivity contribution in [2.75, 3.05) is 13.2 Å². The van der Waals surface area contributed by atoms with Crippen LogP contribution in [0, 0.1) is 23.0 Å². The van der Waals surface area contributed by atoms with E-state index in [1.807, 2.05) is 6.07 Å². The third kappa shape index (κ3) is 4.17. The van der Waals surface area contributed by atoms with Crippen molar-refractivity contribution in [1.29, 1.82) is 5.26 Å². The highest BCUT2D eigenvalue weighted by atomic mass is 79.9. The smallest absolute Gasteiger partial charge is 0.200 e. The molecule has 0 aliphatic rings. The lowest BCUT2D eigenvalue weighted by molar-refractivity contribution is 0.209. The van der Waals surface area contributed by atoms with Crippen molar-refractivity contribution in [1.82, 2.24) is 0 Å². The number of ether oxygens (including phenoxy) is 2. The first kappa shape index (κ1) is 15.3. The zero-order chi connectivity index (χ0) is 15.2. The fraction of sp³-hybridized carbons (Fsp3) is 0.133. The summed E-state index contributed by atoms with van der Waals surface area (Å²) in [5.74, 6) is -1.69. The van der Waals surface area contributed by atoms with Gasteiger partial charge < -0.3 is 9.47 Å². The Morgan fingerprint density at radius 2 is 1.86 bits per heavy atom. The molecule has 0 saturated heterocycles. The molecule has 2 rings (SSSR count). The lowest BCUT2D eigenvalue weighted by Crippen LogP contribution is -2.10. The number of nitrogens with zero attached hydrogens (tertiary/aromatic N) is 1. The van der Waals surface area contributed by atoms with Crippen molar-refractivity contribution in [3.63, 3.8) is 0 Å². The number of hydrogen-bond acceptors (Lipinski definition) is 3. The van der Waals surface area contributed by atoms with Crippen LogP contribution in [0.5, 0.6) is 11.5 Å². The van der Waals surface area contributed by atoms with E-state index >= 15 is 0 Å². The Kier molecular flexibility index (Phi) is 5.12. The Bertz CT molecular complexity index is 686. The van der Waals surface area contributed by atoms with Gasteiger partial charge in [-0.05, 0) is 30.3 Å². The number of hydrogen-bond donors (Lipinski definition) is 0. The topological polar surface area (TPSA) is 42.2 Å². The van der Waals surface area contributed by atoms with Crippen molar-refractivity contribution in [3.8, 4) is 17.6 Å². The Labute approximate surface area is 128 Å². The zero-order valence-electron chi connectivity index (χ0n) is 10.8. The van der Waals surface area contributed by atoms with Gasteiger partial charge in [-0.15, -0.1) is 0 Å². The Morgan fingerprint density at radius 1 is 1.10 bits per heavy atom. The largest absolute Gasteiger partial charge is 0.490 e. The van der Waals surface area contributed by atoms with Gasteiger partial charge in [0.1, 0.15) is 19.0 Å². The summed E-state index contributed by atoms with van der Waals surface area (Å²) in [5.41, 5.74) is 0.480. The summed E-state index contributed by atoms with van der Waals surface area (Å²) in [6, 6.07) is 11.0. The maximum absolute atomic E-state index is 13.4. The molecule has 2 aromatic rings. The first-order chi connectivity index (χ1) is 10.1. The molecule has 0 amide bonds. The Hall–Kier alpha value is -2.13.